The van der Waals surface area contributed by atoms with Gasteiger partial charge in [-0.1, -0.05) is 121 Å². The van der Waals surface area contributed by atoms with Crippen LogP contribution in [-0.2, 0) is 0 Å². The summed E-state index contributed by atoms with van der Waals surface area (Å²) in [5.74, 6) is 0. The third-order valence-electron chi connectivity index (χ3n) is 8.90. The predicted octanol–water partition coefficient (Wildman–Crippen LogP) is 10.8. The molecule has 0 radical (unpaired) electrons. The first-order chi connectivity index (χ1) is 21.4. The van der Waals surface area contributed by atoms with Gasteiger partial charge in [-0.2, -0.15) is 0 Å². The molecule has 0 unspecified atom stereocenters. The normalized spacial score (nSPS) is 11.7. The molecular weight excluding hydrogens is 520 g/mol. The first-order valence-corrected chi connectivity index (χ1v) is 14.7. The molecule has 2 heteroatoms. The summed E-state index contributed by atoms with van der Waals surface area (Å²) in [5.41, 5.74) is 16.0. The van der Waals surface area contributed by atoms with Crippen LogP contribution in [0, 0.1) is 0 Å². The van der Waals surface area contributed by atoms with Crippen molar-refractivity contribution in [1.82, 2.24) is 9.55 Å². The Kier molecular flexibility index (Phi) is 5.23. The smallest absolute Gasteiger partial charge is 0.0571 e. The Balaban J connectivity index is 1.28. The van der Waals surface area contributed by atoms with Gasteiger partial charge in [-0.25, -0.2) is 0 Å². The lowest BCUT2D eigenvalue weighted by Crippen LogP contribution is -1.99. The Morgan fingerprint density at radius 1 is 0.372 bits per heavy atom. The van der Waals surface area contributed by atoms with E-state index in [0.717, 1.165) is 11.2 Å². The number of hydrogen-bond donors (Lipinski definition) is 0. The van der Waals surface area contributed by atoms with E-state index in [1.807, 2.05) is 12.4 Å². The molecule has 0 saturated carbocycles. The maximum absolute atomic E-state index is 4.41. The Bertz CT molecular complexity index is 2280. The van der Waals surface area contributed by atoms with Crippen LogP contribution in [0.1, 0.15) is 0 Å². The Labute approximate surface area is 250 Å². The van der Waals surface area contributed by atoms with Gasteiger partial charge in [0.25, 0.3) is 0 Å². The highest BCUT2D eigenvalue weighted by molar-refractivity contribution is 6.09. The maximum atomic E-state index is 4.41. The summed E-state index contributed by atoms with van der Waals surface area (Å²) in [4.78, 5) is 4.41. The average Bonchev–Trinajstić information content (AvgIpc) is 3.42. The van der Waals surface area contributed by atoms with Crippen molar-refractivity contribution in [3.05, 3.63) is 158 Å². The molecule has 6 aromatic carbocycles. The van der Waals surface area contributed by atoms with Gasteiger partial charge in [0.1, 0.15) is 0 Å². The molecule has 0 atom stereocenters. The first kappa shape index (κ1) is 23.9. The van der Waals surface area contributed by atoms with Crippen molar-refractivity contribution >= 4 is 21.8 Å². The number of nitrogens with zero attached hydrogens (tertiary/aromatic N) is 2. The van der Waals surface area contributed by atoms with Crippen LogP contribution in [0.2, 0.25) is 0 Å². The number of pyridine rings is 1. The molecule has 2 aromatic heterocycles. The molecule has 0 N–H and O–H groups in total. The van der Waals surface area contributed by atoms with Crippen molar-refractivity contribution in [2.45, 2.75) is 0 Å². The summed E-state index contributed by atoms with van der Waals surface area (Å²) in [5, 5.41) is 2.39. The van der Waals surface area contributed by atoms with E-state index in [-0.39, 0.29) is 0 Å². The van der Waals surface area contributed by atoms with E-state index in [1.54, 1.807) is 0 Å². The van der Waals surface area contributed by atoms with Gasteiger partial charge in [-0.15, -0.1) is 0 Å². The largest absolute Gasteiger partial charge is 0.309 e. The van der Waals surface area contributed by atoms with Crippen LogP contribution in [0.3, 0.4) is 0 Å². The van der Waals surface area contributed by atoms with E-state index < -0.39 is 0 Å². The summed E-state index contributed by atoms with van der Waals surface area (Å²) in [6, 6.07) is 53.0. The van der Waals surface area contributed by atoms with Crippen LogP contribution in [0.25, 0.3) is 83.1 Å². The predicted molar refractivity (Wildman–Crippen MR) is 179 cm³/mol. The van der Waals surface area contributed by atoms with E-state index in [0.29, 0.717) is 0 Å². The van der Waals surface area contributed by atoms with Crippen LogP contribution in [-0.4, -0.2) is 9.55 Å². The highest BCUT2D eigenvalue weighted by atomic mass is 15.0. The van der Waals surface area contributed by atoms with E-state index in [9.17, 15) is 0 Å². The molecule has 0 saturated heterocycles. The molecule has 0 amide bonds. The zero-order valence-electron chi connectivity index (χ0n) is 23.4. The Morgan fingerprint density at radius 3 is 1.58 bits per heavy atom. The molecule has 2 nitrogen and oxygen atoms in total. The summed E-state index contributed by atoms with van der Waals surface area (Å²) < 4.78 is 2.34. The van der Waals surface area contributed by atoms with Gasteiger partial charge in [0.15, 0.2) is 0 Å². The fourth-order valence-electron chi connectivity index (χ4n) is 7.03. The lowest BCUT2D eigenvalue weighted by molar-refractivity contribution is 1.17. The van der Waals surface area contributed by atoms with Crippen molar-refractivity contribution in [1.29, 1.82) is 0 Å². The zero-order chi connectivity index (χ0) is 28.3. The van der Waals surface area contributed by atoms with Gasteiger partial charge in [-0.05, 0) is 79.9 Å². The van der Waals surface area contributed by atoms with Crippen molar-refractivity contribution in [3.63, 3.8) is 0 Å². The van der Waals surface area contributed by atoms with E-state index in [4.69, 9.17) is 0 Å². The first-order valence-electron chi connectivity index (χ1n) is 14.7. The van der Waals surface area contributed by atoms with E-state index >= 15 is 0 Å². The summed E-state index contributed by atoms with van der Waals surface area (Å²) in [7, 11) is 0. The van der Waals surface area contributed by atoms with Gasteiger partial charge >= 0.3 is 0 Å². The molecule has 2 heterocycles. The van der Waals surface area contributed by atoms with Crippen LogP contribution in [0.15, 0.2) is 158 Å². The molecule has 9 rings (SSSR count). The second-order valence-electron chi connectivity index (χ2n) is 11.2. The molecule has 0 aliphatic heterocycles. The third-order valence-corrected chi connectivity index (χ3v) is 8.90. The summed E-state index contributed by atoms with van der Waals surface area (Å²) >= 11 is 0. The Morgan fingerprint density at radius 2 is 0.884 bits per heavy atom. The molecule has 1 aliphatic carbocycles. The van der Waals surface area contributed by atoms with Crippen molar-refractivity contribution in [2.75, 3.05) is 0 Å². The van der Waals surface area contributed by atoms with Crippen LogP contribution < -0.4 is 0 Å². The number of para-hydroxylation sites is 1. The molecular formula is C41H26N2. The Hall–Kier alpha value is -5.73. The highest BCUT2D eigenvalue weighted by Gasteiger charge is 2.23. The maximum Gasteiger partial charge on any atom is 0.0571 e. The van der Waals surface area contributed by atoms with Crippen molar-refractivity contribution < 1.29 is 0 Å². The van der Waals surface area contributed by atoms with Crippen molar-refractivity contribution in [2.24, 2.45) is 0 Å². The van der Waals surface area contributed by atoms with Crippen LogP contribution in [0.5, 0.6) is 0 Å². The molecule has 0 spiro atoms. The third kappa shape index (κ3) is 3.57. The molecule has 0 fully saturated rings. The summed E-state index contributed by atoms with van der Waals surface area (Å²) in [6.07, 6.45) is 3.85. The lowest BCUT2D eigenvalue weighted by atomic mass is 9.78. The van der Waals surface area contributed by atoms with E-state index in [1.165, 1.54) is 71.9 Å². The minimum absolute atomic E-state index is 1.14. The van der Waals surface area contributed by atoms with Crippen LogP contribution >= 0.6 is 0 Å². The number of hydrogen-bond acceptors (Lipinski definition) is 1. The highest BCUT2D eigenvalue weighted by Crippen LogP contribution is 2.50. The number of fused-ring (bicyclic) bond motifs is 11. The standard InChI is InChI=1S/C41H26N2/c1-2-11-31-30(10-1)32-12-3-4-13-34(32)37-18-9-17-29(41(37)36-16-6-5-14-33(31)36)27-20-22-28(23-21-27)43-39-19-8-7-15-35(39)38-26-42-25-24-40(38)43/h1-26H. The van der Waals surface area contributed by atoms with Crippen LogP contribution in [0.4, 0.5) is 0 Å². The van der Waals surface area contributed by atoms with Gasteiger partial charge < -0.3 is 4.57 Å². The zero-order valence-corrected chi connectivity index (χ0v) is 23.4. The topological polar surface area (TPSA) is 17.8 Å². The van der Waals surface area contributed by atoms with Gasteiger partial charge in [0, 0.05) is 28.9 Å². The molecule has 8 aromatic rings. The van der Waals surface area contributed by atoms with Gasteiger partial charge in [0.2, 0.25) is 0 Å². The number of benzene rings is 6. The lowest BCUT2D eigenvalue weighted by Gasteiger charge is -2.25. The average molecular weight is 547 g/mol. The quantitative estimate of drug-likeness (QED) is 0.211. The fourth-order valence-corrected chi connectivity index (χ4v) is 7.03. The molecule has 43 heavy (non-hydrogen) atoms. The minimum atomic E-state index is 1.14. The summed E-state index contributed by atoms with van der Waals surface area (Å²) in [6.45, 7) is 0. The number of aromatic nitrogens is 2. The van der Waals surface area contributed by atoms with Gasteiger partial charge in [0.05, 0.1) is 11.0 Å². The van der Waals surface area contributed by atoms with Gasteiger partial charge in [-0.3, -0.25) is 4.98 Å². The monoisotopic (exact) mass is 546 g/mol. The molecule has 0 bridgehead atoms. The molecule has 200 valence electrons. The number of rotatable bonds is 2. The van der Waals surface area contributed by atoms with Crippen molar-refractivity contribution in [3.8, 4) is 61.3 Å². The molecule has 1 aliphatic rings. The van der Waals surface area contributed by atoms with E-state index in [2.05, 4.69) is 155 Å². The second-order valence-corrected chi connectivity index (χ2v) is 11.2. The SMILES string of the molecule is c1ccc2c(c1)-c1ccccc1-c1cccc(-c3ccc(-n4c5ccccc5c5cnccc54)cc3)c1-c1ccccc1-2. The minimum Gasteiger partial charge on any atom is -0.309 e. The second kappa shape index (κ2) is 9.40. The fraction of sp³-hybridized carbons (Fsp3) is 0.